The van der Waals surface area contributed by atoms with Crippen molar-refractivity contribution in [3.63, 3.8) is 0 Å². The van der Waals surface area contributed by atoms with E-state index in [4.69, 9.17) is 15.2 Å². The molecule has 0 heterocycles. The van der Waals surface area contributed by atoms with Crippen molar-refractivity contribution in [2.45, 2.75) is 26.8 Å². The van der Waals surface area contributed by atoms with E-state index in [-0.39, 0.29) is 12.5 Å². The lowest BCUT2D eigenvalue weighted by Crippen LogP contribution is -2.32. The smallest absolute Gasteiger partial charge is 0.255 e. The van der Waals surface area contributed by atoms with Gasteiger partial charge in [-0.3, -0.25) is 9.59 Å². The molecule has 1 atom stereocenters. The fourth-order valence-corrected chi connectivity index (χ4v) is 2.46. The number of hydrogen-bond acceptors (Lipinski definition) is 5. The van der Waals surface area contributed by atoms with Crippen LogP contribution in [0.15, 0.2) is 36.4 Å². The van der Waals surface area contributed by atoms with Gasteiger partial charge in [0.15, 0.2) is 18.1 Å². The number of primary amides is 1. The third-order valence-electron chi connectivity index (χ3n) is 3.96. The molecule has 0 saturated carbocycles. The van der Waals surface area contributed by atoms with Gasteiger partial charge in [0.2, 0.25) is 5.91 Å². The van der Waals surface area contributed by atoms with Crippen LogP contribution in [0.2, 0.25) is 0 Å². The summed E-state index contributed by atoms with van der Waals surface area (Å²) in [5.74, 6) is 0.0773. The zero-order valence-electron chi connectivity index (χ0n) is 16.0. The number of hydrogen-bond donors (Lipinski definition) is 3. The molecule has 0 aliphatic rings. The Morgan fingerprint density at radius 2 is 1.85 bits per heavy atom. The lowest BCUT2D eigenvalue weighted by molar-refractivity contribution is -0.120. The van der Waals surface area contributed by atoms with Crippen LogP contribution in [0.5, 0.6) is 11.5 Å². The first-order valence-electron chi connectivity index (χ1n) is 8.54. The van der Waals surface area contributed by atoms with Crippen LogP contribution in [0.3, 0.4) is 0 Å². The van der Waals surface area contributed by atoms with Crippen molar-refractivity contribution in [2.24, 2.45) is 5.73 Å². The van der Waals surface area contributed by atoms with Gasteiger partial charge in [-0.1, -0.05) is 12.1 Å². The van der Waals surface area contributed by atoms with Gasteiger partial charge >= 0.3 is 0 Å². The van der Waals surface area contributed by atoms with Gasteiger partial charge < -0.3 is 25.8 Å². The molecule has 0 aliphatic carbocycles. The number of anilines is 2. The number of nitrogens with one attached hydrogen (secondary N) is 2. The van der Waals surface area contributed by atoms with E-state index in [2.05, 4.69) is 10.6 Å². The third kappa shape index (κ3) is 5.64. The van der Waals surface area contributed by atoms with E-state index in [1.54, 1.807) is 25.1 Å². The molecule has 2 rings (SSSR count). The molecular formula is C20H25N3O4. The van der Waals surface area contributed by atoms with Gasteiger partial charge in [-0.2, -0.15) is 0 Å². The maximum atomic E-state index is 12.5. The molecule has 0 saturated heterocycles. The topological polar surface area (TPSA) is 103 Å². The van der Waals surface area contributed by atoms with E-state index in [1.165, 1.54) is 7.11 Å². The van der Waals surface area contributed by atoms with E-state index < -0.39 is 11.9 Å². The number of amides is 2. The summed E-state index contributed by atoms with van der Waals surface area (Å²) in [5.41, 5.74) is 8.62. The monoisotopic (exact) mass is 371 g/mol. The van der Waals surface area contributed by atoms with E-state index >= 15 is 0 Å². The number of rotatable bonds is 8. The number of carbonyl (C=O) groups excluding carboxylic acids is 2. The summed E-state index contributed by atoms with van der Waals surface area (Å²) < 4.78 is 10.6. The molecule has 0 radical (unpaired) electrons. The first kappa shape index (κ1) is 20.1. The summed E-state index contributed by atoms with van der Waals surface area (Å²) in [6, 6.07) is 10.5. The van der Waals surface area contributed by atoms with Crippen LogP contribution in [-0.2, 0) is 9.59 Å². The Labute approximate surface area is 158 Å². The average molecular weight is 371 g/mol. The number of carbonyl (C=O) groups is 2. The number of methoxy groups -OCH3 is 1. The van der Waals surface area contributed by atoms with Gasteiger partial charge in [0.1, 0.15) is 6.04 Å². The van der Waals surface area contributed by atoms with Crippen molar-refractivity contribution < 1.29 is 19.1 Å². The van der Waals surface area contributed by atoms with E-state index in [0.29, 0.717) is 17.2 Å². The molecule has 144 valence electrons. The Balaban J connectivity index is 2.08. The molecule has 7 heteroatoms. The minimum Gasteiger partial charge on any atom is -0.493 e. The maximum Gasteiger partial charge on any atom is 0.255 e. The molecule has 0 fully saturated rings. The summed E-state index contributed by atoms with van der Waals surface area (Å²) in [4.78, 5) is 23.4. The van der Waals surface area contributed by atoms with E-state index in [0.717, 1.165) is 16.8 Å². The van der Waals surface area contributed by atoms with Crippen LogP contribution >= 0.6 is 0 Å². The lowest BCUT2D eigenvalue weighted by Gasteiger charge is -2.18. The summed E-state index contributed by atoms with van der Waals surface area (Å²) in [7, 11) is 1.50. The second-order valence-electron chi connectivity index (χ2n) is 6.29. The van der Waals surface area contributed by atoms with Crippen LogP contribution in [0.4, 0.5) is 11.4 Å². The Morgan fingerprint density at radius 3 is 2.52 bits per heavy atom. The highest BCUT2D eigenvalue weighted by atomic mass is 16.5. The average Bonchev–Trinajstić information content (AvgIpc) is 2.63. The van der Waals surface area contributed by atoms with Crippen LogP contribution in [0, 0.1) is 13.8 Å². The van der Waals surface area contributed by atoms with Gasteiger partial charge in [0.05, 0.1) is 7.11 Å². The fraction of sp³-hybridized carbons (Fsp3) is 0.300. The SMILES string of the molecule is COc1ccc(N[C@H](C)C(=O)Nc2cc(C)ccc2C)cc1OCC(N)=O. The zero-order valence-corrected chi connectivity index (χ0v) is 16.0. The van der Waals surface area contributed by atoms with Crippen molar-refractivity contribution in [1.82, 2.24) is 0 Å². The molecule has 7 nitrogen and oxygen atoms in total. The first-order valence-corrected chi connectivity index (χ1v) is 8.54. The Hall–Kier alpha value is -3.22. The first-order chi connectivity index (χ1) is 12.8. The number of nitrogens with two attached hydrogens (primary N) is 1. The Morgan fingerprint density at radius 1 is 1.11 bits per heavy atom. The molecule has 0 aromatic heterocycles. The molecule has 0 aliphatic heterocycles. The molecule has 4 N–H and O–H groups in total. The van der Waals surface area contributed by atoms with Crippen molar-refractivity contribution in [3.8, 4) is 11.5 Å². The van der Waals surface area contributed by atoms with Crippen molar-refractivity contribution in [3.05, 3.63) is 47.5 Å². The van der Waals surface area contributed by atoms with Crippen molar-refractivity contribution in [1.29, 1.82) is 0 Å². The number of ether oxygens (including phenoxy) is 2. The molecule has 27 heavy (non-hydrogen) atoms. The second kappa shape index (κ2) is 8.93. The van der Waals surface area contributed by atoms with Gasteiger partial charge in [0, 0.05) is 17.4 Å². The van der Waals surface area contributed by atoms with Gasteiger partial charge in [-0.25, -0.2) is 0 Å². The Bertz CT molecular complexity index is 836. The maximum absolute atomic E-state index is 12.5. The zero-order chi connectivity index (χ0) is 20.0. The quantitative estimate of drug-likeness (QED) is 0.662. The normalized spacial score (nSPS) is 11.4. The summed E-state index contributed by atoms with van der Waals surface area (Å²) >= 11 is 0. The predicted molar refractivity (Wildman–Crippen MR) is 105 cm³/mol. The van der Waals surface area contributed by atoms with Crippen LogP contribution in [0.1, 0.15) is 18.1 Å². The second-order valence-corrected chi connectivity index (χ2v) is 6.29. The third-order valence-corrected chi connectivity index (χ3v) is 3.96. The van der Waals surface area contributed by atoms with Crippen molar-refractivity contribution in [2.75, 3.05) is 24.4 Å². The van der Waals surface area contributed by atoms with E-state index in [9.17, 15) is 9.59 Å². The van der Waals surface area contributed by atoms with Crippen LogP contribution < -0.4 is 25.8 Å². The minimum absolute atomic E-state index is 0.167. The summed E-state index contributed by atoms with van der Waals surface area (Å²) in [6.45, 7) is 5.41. The highest BCUT2D eigenvalue weighted by molar-refractivity contribution is 5.97. The summed E-state index contributed by atoms with van der Waals surface area (Å²) in [6.07, 6.45) is 0. The lowest BCUT2D eigenvalue weighted by atomic mass is 10.1. The highest BCUT2D eigenvalue weighted by Gasteiger charge is 2.15. The fourth-order valence-electron chi connectivity index (χ4n) is 2.46. The van der Waals surface area contributed by atoms with Gasteiger partial charge in [0.25, 0.3) is 5.91 Å². The van der Waals surface area contributed by atoms with Crippen LogP contribution in [-0.4, -0.2) is 31.6 Å². The van der Waals surface area contributed by atoms with Crippen LogP contribution in [0.25, 0.3) is 0 Å². The van der Waals surface area contributed by atoms with E-state index in [1.807, 2.05) is 32.0 Å². The number of aryl methyl sites for hydroxylation is 2. The Kier molecular flexibility index (Phi) is 6.65. The highest BCUT2D eigenvalue weighted by Crippen LogP contribution is 2.30. The molecule has 0 unspecified atom stereocenters. The molecule has 2 aromatic rings. The predicted octanol–water partition coefficient (Wildman–Crippen LogP) is 2.62. The molecule has 2 aromatic carbocycles. The van der Waals surface area contributed by atoms with Crippen molar-refractivity contribution >= 4 is 23.2 Å². The van der Waals surface area contributed by atoms with Gasteiger partial charge in [-0.05, 0) is 50.1 Å². The summed E-state index contributed by atoms with van der Waals surface area (Å²) in [5, 5.41) is 6.04. The standard InChI is InChI=1S/C20H25N3O4/c1-12-5-6-13(2)16(9-12)23-20(25)14(3)22-15-7-8-17(26-4)18(10-15)27-11-19(21)24/h5-10,14,22H,11H2,1-4H3,(H2,21,24)(H,23,25)/t14-/m1/s1. The number of benzene rings is 2. The molecule has 0 spiro atoms. The molecule has 2 amide bonds. The van der Waals surface area contributed by atoms with Gasteiger partial charge in [-0.15, -0.1) is 0 Å². The minimum atomic E-state index is -0.586. The molecular weight excluding hydrogens is 346 g/mol. The largest absolute Gasteiger partial charge is 0.493 e. The molecule has 0 bridgehead atoms.